The summed E-state index contributed by atoms with van der Waals surface area (Å²) in [4.78, 5) is 22.5. The molecule has 0 radical (unpaired) electrons. The zero-order valence-corrected chi connectivity index (χ0v) is 13.2. The smallest absolute Gasteiger partial charge is 0.283 e. The van der Waals surface area contributed by atoms with Crippen molar-refractivity contribution in [3.05, 3.63) is 67.1 Å². The summed E-state index contributed by atoms with van der Waals surface area (Å²) in [6, 6.07) is 9.20. The average molecular weight is 370 g/mol. The monoisotopic (exact) mass is 368 g/mol. The van der Waals surface area contributed by atoms with Crippen LogP contribution in [0.5, 0.6) is 0 Å². The zero-order chi connectivity index (χ0) is 15.6. The topological polar surface area (TPSA) is 72.2 Å². The molecule has 2 aromatic rings. The van der Waals surface area contributed by atoms with E-state index in [2.05, 4.69) is 21.2 Å². The lowest BCUT2D eigenvalue weighted by Crippen LogP contribution is -2.14. The lowest BCUT2D eigenvalue weighted by molar-refractivity contribution is -0.385. The highest BCUT2D eigenvalue weighted by Gasteiger charge is 2.20. The van der Waals surface area contributed by atoms with Crippen molar-refractivity contribution in [1.82, 2.24) is 0 Å². The molecule has 0 bridgehead atoms. The summed E-state index contributed by atoms with van der Waals surface area (Å²) < 4.78 is 0.915. The minimum atomic E-state index is -0.631. The first kappa shape index (κ1) is 15.5. The Morgan fingerprint density at radius 3 is 2.62 bits per heavy atom. The van der Waals surface area contributed by atoms with Crippen LogP contribution in [0.2, 0.25) is 5.02 Å². The van der Waals surface area contributed by atoms with Gasteiger partial charge >= 0.3 is 0 Å². The summed E-state index contributed by atoms with van der Waals surface area (Å²) in [6.07, 6.45) is 0. The number of nitro benzene ring substituents is 1. The SMILES string of the molecule is Cc1cc(NC(=O)c2ccc(Cl)cc2[N+](=O)[O-])ccc1Br. The first-order chi connectivity index (χ1) is 9.88. The molecule has 0 spiro atoms. The first-order valence-corrected chi connectivity index (χ1v) is 7.07. The van der Waals surface area contributed by atoms with Gasteiger partial charge in [0.15, 0.2) is 0 Å². The zero-order valence-electron chi connectivity index (χ0n) is 10.9. The minimum Gasteiger partial charge on any atom is -0.322 e. The maximum Gasteiger partial charge on any atom is 0.283 e. The van der Waals surface area contributed by atoms with Crippen molar-refractivity contribution in [1.29, 1.82) is 0 Å². The third-order valence-electron chi connectivity index (χ3n) is 2.82. The van der Waals surface area contributed by atoms with Gasteiger partial charge in [-0.3, -0.25) is 14.9 Å². The molecule has 0 fully saturated rings. The summed E-state index contributed by atoms with van der Waals surface area (Å²) in [6.45, 7) is 1.88. The molecule has 0 saturated carbocycles. The van der Waals surface area contributed by atoms with Crippen LogP contribution in [0.1, 0.15) is 15.9 Å². The van der Waals surface area contributed by atoms with Crippen LogP contribution in [-0.4, -0.2) is 10.8 Å². The van der Waals surface area contributed by atoms with Crippen LogP contribution in [0.3, 0.4) is 0 Å². The number of carbonyl (C=O) groups is 1. The van der Waals surface area contributed by atoms with Crippen molar-refractivity contribution in [3.63, 3.8) is 0 Å². The molecule has 5 nitrogen and oxygen atoms in total. The van der Waals surface area contributed by atoms with Crippen molar-refractivity contribution >= 4 is 44.8 Å². The fourth-order valence-corrected chi connectivity index (χ4v) is 2.18. The molecule has 21 heavy (non-hydrogen) atoms. The number of nitrogens with zero attached hydrogens (tertiary/aromatic N) is 1. The van der Waals surface area contributed by atoms with Gasteiger partial charge in [0.2, 0.25) is 0 Å². The van der Waals surface area contributed by atoms with Crippen molar-refractivity contribution in [2.75, 3.05) is 5.32 Å². The molecule has 0 saturated heterocycles. The van der Waals surface area contributed by atoms with Crippen LogP contribution in [0.25, 0.3) is 0 Å². The lowest BCUT2D eigenvalue weighted by atomic mass is 10.1. The van der Waals surface area contributed by atoms with Crippen molar-refractivity contribution in [2.45, 2.75) is 6.92 Å². The summed E-state index contributed by atoms with van der Waals surface area (Å²) in [5.74, 6) is -0.555. The molecule has 0 atom stereocenters. The first-order valence-electron chi connectivity index (χ1n) is 5.90. The Morgan fingerprint density at radius 1 is 1.29 bits per heavy atom. The largest absolute Gasteiger partial charge is 0.322 e. The van der Waals surface area contributed by atoms with Crippen molar-refractivity contribution in [3.8, 4) is 0 Å². The van der Waals surface area contributed by atoms with E-state index in [1.54, 1.807) is 18.2 Å². The van der Waals surface area contributed by atoms with Crippen LogP contribution in [0.15, 0.2) is 40.9 Å². The number of aryl methyl sites for hydroxylation is 1. The van der Waals surface area contributed by atoms with Gasteiger partial charge in [-0.2, -0.15) is 0 Å². The minimum absolute atomic E-state index is 0.0371. The Labute approximate surface area is 134 Å². The van der Waals surface area contributed by atoms with Gasteiger partial charge in [-0.15, -0.1) is 0 Å². The van der Waals surface area contributed by atoms with Gasteiger partial charge in [0.05, 0.1) is 4.92 Å². The van der Waals surface area contributed by atoms with Crippen LogP contribution in [-0.2, 0) is 0 Å². The molecule has 2 rings (SSSR count). The van der Waals surface area contributed by atoms with E-state index in [1.165, 1.54) is 12.1 Å². The summed E-state index contributed by atoms with van der Waals surface area (Å²) in [7, 11) is 0. The highest BCUT2D eigenvalue weighted by Crippen LogP contribution is 2.25. The number of rotatable bonds is 3. The molecular weight excluding hydrogens is 360 g/mol. The number of nitro groups is 1. The van der Waals surface area contributed by atoms with E-state index in [0.29, 0.717) is 5.69 Å². The molecule has 1 amide bonds. The van der Waals surface area contributed by atoms with Gasteiger partial charge in [-0.25, -0.2) is 0 Å². The molecule has 0 aromatic heterocycles. The maximum atomic E-state index is 12.2. The number of anilines is 1. The molecule has 0 aliphatic heterocycles. The van der Waals surface area contributed by atoms with E-state index in [1.807, 2.05) is 6.92 Å². The average Bonchev–Trinajstić information content (AvgIpc) is 2.42. The highest BCUT2D eigenvalue weighted by atomic mass is 79.9. The number of nitrogens with one attached hydrogen (secondary N) is 1. The third kappa shape index (κ3) is 3.59. The van der Waals surface area contributed by atoms with Gasteiger partial charge in [-0.1, -0.05) is 27.5 Å². The number of carbonyl (C=O) groups excluding carboxylic acids is 1. The van der Waals surface area contributed by atoms with Gasteiger partial charge in [0, 0.05) is 21.2 Å². The molecular formula is C14H10BrClN2O3. The predicted molar refractivity (Wildman–Crippen MR) is 84.9 cm³/mol. The number of hydrogen-bond donors (Lipinski definition) is 1. The molecule has 1 N–H and O–H groups in total. The Balaban J connectivity index is 2.32. The van der Waals surface area contributed by atoms with E-state index in [0.717, 1.165) is 16.1 Å². The van der Waals surface area contributed by atoms with Gasteiger partial charge < -0.3 is 5.32 Å². The van der Waals surface area contributed by atoms with Crippen molar-refractivity contribution < 1.29 is 9.72 Å². The standard InChI is InChI=1S/C14H10BrClN2O3/c1-8-6-10(3-5-12(8)15)17-14(19)11-4-2-9(16)7-13(11)18(20)21/h2-7H,1H3,(H,17,19). The second-order valence-corrected chi connectivity index (χ2v) is 5.63. The number of amides is 1. The van der Waals surface area contributed by atoms with E-state index in [9.17, 15) is 14.9 Å². The Kier molecular flexibility index (Phi) is 4.59. The van der Waals surface area contributed by atoms with Gasteiger partial charge in [0.1, 0.15) is 5.56 Å². The fourth-order valence-electron chi connectivity index (χ4n) is 1.77. The quantitative estimate of drug-likeness (QED) is 0.636. The molecule has 2 aromatic carbocycles. The van der Waals surface area contributed by atoms with Crippen molar-refractivity contribution in [2.24, 2.45) is 0 Å². The van der Waals surface area contributed by atoms with E-state index >= 15 is 0 Å². The van der Waals surface area contributed by atoms with Gasteiger partial charge in [-0.05, 0) is 42.8 Å². The van der Waals surface area contributed by atoms with Crippen LogP contribution in [0.4, 0.5) is 11.4 Å². The number of hydrogen-bond acceptors (Lipinski definition) is 3. The number of halogens is 2. The molecule has 0 unspecified atom stereocenters. The maximum absolute atomic E-state index is 12.2. The summed E-state index contributed by atoms with van der Waals surface area (Å²) in [5, 5.41) is 13.8. The van der Waals surface area contributed by atoms with Gasteiger partial charge in [0.25, 0.3) is 11.6 Å². The lowest BCUT2D eigenvalue weighted by Gasteiger charge is -2.07. The Bertz CT molecular complexity index is 734. The normalized spacial score (nSPS) is 10.2. The van der Waals surface area contributed by atoms with E-state index in [4.69, 9.17) is 11.6 Å². The van der Waals surface area contributed by atoms with E-state index in [-0.39, 0.29) is 16.3 Å². The second kappa shape index (κ2) is 6.24. The molecule has 7 heteroatoms. The Morgan fingerprint density at radius 2 is 2.00 bits per heavy atom. The molecule has 0 aliphatic rings. The summed E-state index contributed by atoms with van der Waals surface area (Å²) >= 11 is 9.09. The Hall–Kier alpha value is -1.92. The molecule has 0 heterocycles. The molecule has 0 aliphatic carbocycles. The number of benzene rings is 2. The van der Waals surface area contributed by atoms with Crippen LogP contribution >= 0.6 is 27.5 Å². The van der Waals surface area contributed by atoms with E-state index < -0.39 is 10.8 Å². The van der Waals surface area contributed by atoms with Crippen LogP contribution < -0.4 is 5.32 Å². The highest BCUT2D eigenvalue weighted by molar-refractivity contribution is 9.10. The third-order valence-corrected chi connectivity index (χ3v) is 3.94. The second-order valence-electron chi connectivity index (χ2n) is 4.34. The predicted octanol–water partition coefficient (Wildman–Crippen LogP) is 4.57. The molecule has 108 valence electrons. The van der Waals surface area contributed by atoms with Crippen LogP contribution in [0, 0.1) is 17.0 Å². The fraction of sp³-hybridized carbons (Fsp3) is 0.0714. The summed E-state index contributed by atoms with van der Waals surface area (Å²) in [5.41, 5.74) is 1.14.